The van der Waals surface area contributed by atoms with Crippen LogP contribution in [0.15, 0.2) is 47.4 Å². The summed E-state index contributed by atoms with van der Waals surface area (Å²) in [5.74, 6) is 1.76. The first kappa shape index (κ1) is 19.1. The van der Waals surface area contributed by atoms with E-state index in [1.165, 1.54) is 0 Å². The standard InChI is InChI=1S/C22H24N4O3/c1-15-22(16(2)29-25-15)18-5-9-24-20(12-18)17-6-10-26(11-7-17)21(27)14-28-19-4-3-8-23-13-19/h3-5,8-9,12-13,17H,6-7,10-11,14H2,1-2H3. The normalized spacial score (nSPS) is 14.8. The van der Waals surface area contributed by atoms with Gasteiger partial charge in [-0.1, -0.05) is 5.16 Å². The summed E-state index contributed by atoms with van der Waals surface area (Å²) in [4.78, 5) is 22.9. The third-order valence-electron chi connectivity index (χ3n) is 5.37. The van der Waals surface area contributed by atoms with Gasteiger partial charge in [0.1, 0.15) is 11.5 Å². The summed E-state index contributed by atoms with van der Waals surface area (Å²) in [6.45, 7) is 5.32. The number of ether oxygens (including phenoxy) is 1. The van der Waals surface area contributed by atoms with Crippen LogP contribution < -0.4 is 4.74 Å². The monoisotopic (exact) mass is 392 g/mol. The maximum absolute atomic E-state index is 12.4. The number of piperidine rings is 1. The van der Waals surface area contributed by atoms with Crippen LogP contribution in [0.5, 0.6) is 5.75 Å². The van der Waals surface area contributed by atoms with Crippen LogP contribution >= 0.6 is 0 Å². The first-order valence-electron chi connectivity index (χ1n) is 9.81. The smallest absolute Gasteiger partial charge is 0.260 e. The summed E-state index contributed by atoms with van der Waals surface area (Å²) in [7, 11) is 0. The molecule has 1 saturated heterocycles. The Morgan fingerprint density at radius 1 is 1.24 bits per heavy atom. The highest BCUT2D eigenvalue weighted by Crippen LogP contribution is 2.32. The van der Waals surface area contributed by atoms with E-state index in [-0.39, 0.29) is 12.5 Å². The molecule has 150 valence electrons. The van der Waals surface area contributed by atoms with Crippen molar-refractivity contribution in [2.24, 2.45) is 0 Å². The van der Waals surface area contributed by atoms with Crippen molar-refractivity contribution in [2.75, 3.05) is 19.7 Å². The fraction of sp³-hybridized carbons (Fsp3) is 0.364. The topological polar surface area (TPSA) is 81.4 Å². The third kappa shape index (κ3) is 4.29. The highest BCUT2D eigenvalue weighted by atomic mass is 16.5. The van der Waals surface area contributed by atoms with E-state index in [4.69, 9.17) is 9.26 Å². The lowest BCUT2D eigenvalue weighted by atomic mass is 9.91. The van der Waals surface area contributed by atoms with Crippen molar-refractivity contribution < 1.29 is 14.1 Å². The van der Waals surface area contributed by atoms with Gasteiger partial charge in [0, 0.05) is 42.7 Å². The fourth-order valence-electron chi connectivity index (χ4n) is 3.82. The van der Waals surface area contributed by atoms with Gasteiger partial charge in [0.15, 0.2) is 6.61 Å². The lowest BCUT2D eigenvalue weighted by molar-refractivity contribution is -0.134. The third-order valence-corrected chi connectivity index (χ3v) is 5.37. The molecule has 0 radical (unpaired) electrons. The van der Waals surface area contributed by atoms with E-state index < -0.39 is 0 Å². The van der Waals surface area contributed by atoms with Gasteiger partial charge in [-0.2, -0.15) is 0 Å². The molecule has 4 heterocycles. The van der Waals surface area contributed by atoms with Gasteiger partial charge in [-0.15, -0.1) is 0 Å². The molecule has 0 aromatic carbocycles. The molecule has 29 heavy (non-hydrogen) atoms. The lowest BCUT2D eigenvalue weighted by Crippen LogP contribution is -2.40. The molecule has 3 aromatic heterocycles. The number of carbonyl (C=O) groups excluding carboxylic acids is 1. The lowest BCUT2D eigenvalue weighted by Gasteiger charge is -2.31. The molecule has 0 unspecified atom stereocenters. The van der Waals surface area contributed by atoms with Crippen molar-refractivity contribution >= 4 is 5.91 Å². The summed E-state index contributed by atoms with van der Waals surface area (Å²) in [6.07, 6.45) is 6.90. The number of aryl methyl sites for hydroxylation is 2. The number of aromatic nitrogens is 3. The second-order valence-electron chi connectivity index (χ2n) is 7.30. The largest absolute Gasteiger partial charge is 0.482 e. The molecular formula is C22H24N4O3. The summed E-state index contributed by atoms with van der Waals surface area (Å²) in [5.41, 5.74) is 4.05. The molecular weight excluding hydrogens is 368 g/mol. The Morgan fingerprint density at radius 3 is 2.76 bits per heavy atom. The maximum Gasteiger partial charge on any atom is 0.260 e. The Bertz CT molecular complexity index is 959. The van der Waals surface area contributed by atoms with Gasteiger partial charge in [0.2, 0.25) is 0 Å². The van der Waals surface area contributed by atoms with E-state index in [1.54, 1.807) is 24.5 Å². The highest BCUT2D eigenvalue weighted by Gasteiger charge is 2.25. The minimum Gasteiger partial charge on any atom is -0.482 e. The van der Waals surface area contributed by atoms with E-state index in [0.717, 1.165) is 41.1 Å². The zero-order chi connectivity index (χ0) is 20.2. The number of hydrogen-bond donors (Lipinski definition) is 0. The number of rotatable bonds is 5. The van der Waals surface area contributed by atoms with E-state index in [9.17, 15) is 4.79 Å². The molecule has 1 amide bonds. The second-order valence-corrected chi connectivity index (χ2v) is 7.30. The number of likely N-dealkylation sites (tertiary alicyclic amines) is 1. The Balaban J connectivity index is 1.36. The molecule has 0 spiro atoms. The molecule has 3 aromatic rings. The molecule has 0 saturated carbocycles. The van der Waals surface area contributed by atoms with Crippen LogP contribution in [0.4, 0.5) is 0 Å². The number of amides is 1. The molecule has 1 fully saturated rings. The molecule has 0 N–H and O–H groups in total. The predicted molar refractivity (Wildman–Crippen MR) is 107 cm³/mol. The van der Waals surface area contributed by atoms with Gasteiger partial charge in [0.25, 0.3) is 5.91 Å². The van der Waals surface area contributed by atoms with Crippen LogP contribution in [0.1, 0.15) is 35.9 Å². The van der Waals surface area contributed by atoms with Gasteiger partial charge in [-0.3, -0.25) is 14.8 Å². The molecule has 0 aliphatic carbocycles. The second kappa shape index (κ2) is 8.43. The number of hydrogen-bond acceptors (Lipinski definition) is 6. The van der Waals surface area contributed by atoms with E-state index in [0.29, 0.717) is 24.8 Å². The quantitative estimate of drug-likeness (QED) is 0.661. The first-order valence-corrected chi connectivity index (χ1v) is 9.81. The molecule has 7 heteroatoms. The fourth-order valence-corrected chi connectivity index (χ4v) is 3.82. The average Bonchev–Trinajstić information content (AvgIpc) is 3.11. The molecule has 7 nitrogen and oxygen atoms in total. The number of pyridine rings is 2. The van der Waals surface area contributed by atoms with Crippen LogP contribution in [0.25, 0.3) is 11.1 Å². The van der Waals surface area contributed by atoms with E-state index >= 15 is 0 Å². The van der Waals surface area contributed by atoms with Crippen LogP contribution in [0, 0.1) is 13.8 Å². The van der Waals surface area contributed by atoms with Gasteiger partial charge in [-0.05, 0) is 56.5 Å². The molecule has 0 atom stereocenters. The molecule has 1 aliphatic rings. The van der Waals surface area contributed by atoms with E-state index in [1.807, 2.05) is 31.0 Å². The minimum absolute atomic E-state index is 0.00438. The predicted octanol–water partition coefficient (Wildman–Crippen LogP) is 3.53. The number of nitrogens with zero attached hydrogens (tertiary/aromatic N) is 4. The maximum atomic E-state index is 12.4. The SMILES string of the molecule is Cc1noc(C)c1-c1ccnc(C2CCN(C(=O)COc3cccnc3)CC2)c1. The van der Waals surface area contributed by atoms with Crippen molar-refractivity contribution in [2.45, 2.75) is 32.6 Å². The van der Waals surface area contributed by atoms with Crippen molar-refractivity contribution in [3.8, 4) is 16.9 Å². The Labute approximate surface area is 169 Å². The zero-order valence-corrected chi connectivity index (χ0v) is 16.7. The van der Waals surface area contributed by atoms with Crippen molar-refractivity contribution in [3.63, 3.8) is 0 Å². The molecule has 4 rings (SSSR count). The molecule has 0 bridgehead atoms. The van der Waals surface area contributed by atoms with Gasteiger partial charge in [-0.25, -0.2) is 0 Å². The molecule has 1 aliphatic heterocycles. The van der Waals surface area contributed by atoms with Gasteiger partial charge < -0.3 is 14.2 Å². The van der Waals surface area contributed by atoms with Gasteiger partial charge in [0.05, 0.1) is 11.9 Å². The summed E-state index contributed by atoms with van der Waals surface area (Å²) in [5, 5.41) is 4.05. The van der Waals surface area contributed by atoms with Crippen LogP contribution in [-0.4, -0.2) is 45.6 Å². The minimum atomic E-state index is 0.00438. The van der Waals surface area contributed by atoms with Crippen molar-refractivity contribution in [1.82, 2.24) is 20.0 Å². The van der Waals surface area contributed by atoms with Crippen molar-refractivity contribution in [3.05, 3.63) is 60.0 Å². The van der Waals surface area contributed by atoms with E-state index in [2.05, 4.69) is 21.2 Å². The first-order chi connectivity index (χ1) is 14.1. The van der Waals surface area contributed by atoms with Crippen LogP contribution in [0.3, 0.4) is 0 Å². The summed E-state index contributed by atoms with van der Waals surface area (Å²) < 4.78 is 10.8. The Kier molecular flexibility index (Phi) is 5.55. The highest BCUT2D eigenvalue weighted by molar-refractivity contribution is 5.77. The Morgan fingerprint density at radius 2 is 2.07 bits per heavy atom. The summed E-state index contributed by atoms with van der Waals surface area (Å²) in [6, 6.07) is 7.70. The average molecular weight is 392 g/mol. The van der Waals surface area contributed by atoms with Crippen molar-refractivity contribution in [1.29, 1.82) is 0 Å². The van der Waals surface area contributed by atoms with Gasteiger partial charge >= 0.3 is 0 Å². The Hall–Kier alpha value is -3.22. The van der Waals surface area contributed by atoms with Crippen LogP contribution in [-0.2, 0) is 4.79 Å². The zero-order valence-electron chi connectivity index (χ0n) is 16.7. The summed E-state index contributed by atoms with van der Waals surface area (Å²) >= 11 is 0. The van der Waals surface area contributed by atoms with Crippen LogP contribution in [0.2, 0.25) is 0 Å². The number of carbonyl (C=O) groups is 1.